The summed E-state index contributed by atoms with van der Waals surface area (Å²) in [7, 11) is 0. The van der Waals surface area contributed by atoms with Crippen molar-refractivity contribution >= 4 is 40.9 Å². The fourth-order valence-corrected chi connectivity index (χ4v) is 10.0. The molecule has 9 heteroatoms. The molecule has 0 aromatic heterocycles. The number of ether oxygens (including phenoxy) is 1. The van der Waals surface area contributed by atoms with Crippen LogP contribution in [-0.2, 0) is 14.4 Å². The topological polar surface area (TPSA) is 90.4 Å². The average molecular weight is 660 g/mol. The summed E-state index contributed by atoms with van der Waals surface area (Å²) < 4.78 is 4.93. The molecule has 3 aliphatic heterocycles. The molecule has 47 heavy (non-hydrogen) atoms. The second-order valence-electron chi connectivity index (χ2n) is 12.9. The maximum absolute atomic E-state index is 15.0. The number of aliphatic hydroxyl groups excluding tert-OH is 1. The van der Waals surface area contributed by atoms with Crippen LogP contribution in [0.4, 0.5) is 11.4 Å². The molecule has 5 atom stereocenters. The van der Waals surface area contributed by atoms with E-state index in [4.69, 9.17) is 4.74 Å². The van der Waals surface area contributed by atoms with Gasteiger partial charge in [-0.2, -0.15) is 0 Å². The van der Waals surface area contributed by atoms with E-state index in [-0.39, 0.29) is 29.6 Å². The average Bonchev–Trinajstić information content (AvgIpc) is 3.71. The van der Waals surface area contributed by atoms with Gasteiger partial charge in [-0.15, -0.1) is 24.9 Å². The second-order valence-corrected chi connectivity index (χ2v) is 14.5. The van der Waals surface area contributed by atoms with Gasteiger partial charge in [0.05, 0.1) is 23.2 Å². The van der Waals surface area contributed by atoms with Gasteiger partial charge in [0.25, 0.3) is 5.91 Å². The Hall–Kier alpha value is -3.56. The molecule has 3 saturated heterocycles. The molecule has 1 spiro atoms. The van der Waals surface area contributed by atoms with Gasteiger partial charge in [0.1, 0.15) is 11.8 Å². The minimum Gasteiger partial charge on any atom is -0.494 e. The van der Waals surface area contributed by atoms with Gasteiger partial charge in [-0.3, -0.25) is 14.4 Å². The number of aliphatic hydroxyl groups is 1. The molecule has 1 N–H and O–H groups in total. The summed E-state index contributed by atoms with van der Waals surface area (Å²) in [6, 6.07) is 12.9. The number of anilines is 2. The van der Waals surface area contributed by atoms with Crippen molar-refractivity contribution < 1.29 is 24.2 Å². The van der Waals surface area contributed by atoms with Crippen molar-refractivity contribution in [2.24, 2.45) is 11.8 Å². The number of thioether (sulfide) groups is 1. The zero-order valence-electron chi connectivity index (χ0n) is 28.0. The number of hydrogen-bond acceptors (Lipinski definition) is 6. The molecular weight excluding hydrogens is 611 g/mol. The van der Waals surface area contributed by atoms with Crippen molar-refractivity contribution in [1.29, 1.82) is 0 Å². The maximum atomic E-state index is 15.0. The highest BCUT2D eigenvalue weighted by Crippen LogP contribution is 2.67. The largest absolute Gasteiger partial charge is 0.494 e. The molecule has 2 unspecified atom stereocenters. The molecule has 5 rings (SSSR count). The third-order valence-corrected chi connectivity index (χ3v) is 11.8. The first-order valence-electron chi connectivity index (χ1n) is 17.0. The quantitative estimate of drug-likeness (QED) is 0.174. The lowest BCUT2D eigenvalue weighted by atomic mass is 9.70. The predicted molar refractivity (Wildman–Crippen MR) is 190 cm³/mol. The van der Waals surface area contributed by atoms with E-state index in [2.05, 4.69) is 13.2 Å². The van der Waals surface area contributed by atoms with E-state index in [1.54, 1.807) is 38.6 Å². The molecule has 3 amide bonds. The van der Waals surface area contributed by atoms with E-state index in [1.807, 2.05) is 63.2 Å². The molecule has 2 aromatic carbocycles. The Labute approximate surface area is 283 Å². The van der Waals surface area contributed by atoms with Gasteiger partial charge in [0.15, 0.2) is 0 Å². The Balaban J connectivity index is 1.52. The number of fused-ring (bicyclic) bond motifs is 1. The lowest BCUT2D eigenvalue weighted by Gasteiger charge is -2.38. The second kappa shape index (κ2) is 15.1. The normalized spacial score (nSPS) is 24.3. The smallest absolute Gasteiger partial charge is 0.251 e. The zero-order valence-corrected chi connectivity index (χ0v) is 28.8. The third kappa shape index (κ3) is 6.61. The van der Waals surface area contributed by atoms with Crippen molar-refractivity contribution in [2.45, 2.75) is 75.3 Å². The lowest BCUT2D eigenvalue weighted by Crippen LogP contribution is -2.55. The standard InChI is InChI=1S/C38H49N3O5S/c1-6-21-39(28-15-17-29(18-16-28)46-8-3)35(43)32-31-19-20-38(47-31)33(32)36(44)41(23-11-9-10-12-24-42)34(38)37(45)40(22-7-2)30-25-26(4)13-14-27(30)5/h6-7,13-18,25,31-34,42H,1-2,8-12,19-24H2,3-5H3/t31-,32+,33+,34?,38?/m1/s1. The summed E-state index contributed by atoms with van der Waals surface area (Å²) in [6.45, 7) is 15.6. The van der Waals surface area contributed by atoms with E-state index in [0.29, 0.717) is 39.1 Å². The third-order valence-electron chi connectivity index (χ3n) is 9.90. The van der Waals surface area contributed by atoms with Gasteiger partial charge in [-0.05, 0) is 87.9 Å². The van der Waals surface area contributed by atoms with Crippen molar-refractivity contribution in [1.82, 2.24) is 4.90 Å². The first kappa shape index (κ1) is 34.8. The van der Waals surface area contributed by atoms with Gasteiger partial charge in [-0.1, -0.05) is 37.1 Å². The van der Waals surface area contributed by atoms with Crippen LogP contribution in [0.1, 0.15) is 56.6 Å². The fraction of sp³-hybridized carbons (Fsp3) is 0.500. The van der Waals surface area contributed by atoms with E-state index in [0.717, 1.165) is 53.9 Å². The number of rotatable bonds is 16. The van der Waals surface area contributed by atoms with E-state index in [9.17, 15) is 19.5 Å². The summed E-state index contributed by atoms with van der Waals surface area (Å²) in [6.07, 6.45) is 8.07. The molecule has 0 saturated carbocycles. The highest BCUT2D eigenvalue weighted by molar-refractivity contribution is 8.02. The van der Waals surface area contributed by atoms with Gasteiger partial charge in [0.2, 0.25) is 11.8 Å². The van der Waals surface area contributed by atoms with Crippen LogP contribution in [0.5, 0.6) is 5.75 Å². The summed E-state index contributed by atoms with van der Waals surface area (Å²) in [5, 5.41) is 9.23. The molecule has 0 aliphatic carbocycles. The van der Waals surface area contributed by atoms with E-state index in [1.165, 1.54) is 0 Å². The maximum Gasteiger partial charge on any atom is 0.251 e. The SMILES string of the molecule is C=CCN(C(=O)[C@@H]1[C@H]2C(=O)N(CCCCCCO)C(C(=O)N(CC=C)c3cc(C)ccc3C)C23CC[C@H]1S3)c1ccc(OCC)cc1. The number of carbonyl (C=O) groups excluding carboxylic acids is 3. The molecule has 8 nitrogen and oxygen atoms in total. The number of benzene rings is 2. The van der Waals surface area contributed by atoms with Gasteiger partial charge >= 0.3 is 0 Å². The Morgan fingerprint density at radius 3 is 2.40 bits per heavy atom. The molecule has 252 valence electrons. The fourth-order valence-electron chi connectivity index (χ4n) is 7.82. The van der Waals surface area contributed by atoms with Gasteiger partial charge < -0.3 is 24.5 Å². The predicted octanol–water partition coefficient (Wildman–Crippen LogP) is 6.08. The Kier molecular flexibility index (Phi) is 11.2. The van der Waals surface area contributed by atoms with Crippen LogP contribution < -0.4 is 14.5 Å². The molecule has 0 radical (unpaired) electrons. The van der Waals surface area contributed by atoms with Crippen LogP contribution in [0.15, 0.2) is 67.8 Å². The first-order chi connectivity index (χ1) is 22.7. The number of carbonyl (C=O) groups is 3. The van der Waals surface area contributed by atoms with Gasteiger partial charge in [0, 0.05) is 42.9 Å². The monoisotopic (exact) mass is 659 g/mol. The van der Waals surface area contributed by atoms with Crippen molar-refractivity contribution in [3.05, 3.63) is 78.9 Å². The number of aryl methyl sites for hydroxylation is 2. The minimum absolute atomic E-state index is 0.0537. The number of nitrogens with zero attached hydrogens (tertiary/aromatic N) is 3. The number of unbranched alkanes of at least 4 members (excludes halogenated alkanes) is 3. The molecule has 2 bridgehead atoms. The summed E-state index contributed by atoms with van der Waals surface area (Å²) >= 11 is 1.69. The van der Waals surface area contributed by atoms with Crippen molar-refractivity contribution in [3.8, 4) is 5.75 Å². The van der Waals surface area contributed by atoms with E-state index < -0.39 is 22.6 Å². The Morgan fingerprint density at radius 2 is 1.72 bits per heavy atom. The number of hydrogen-bond donors (Lipinski definition) is 1. The molecule has 2 aromatic rings. The van der Waals surface area contributed by atoms with Crippen LogP contribution in [0.25, 0.3) is 0 Å². The van der Waals surface area contributed by atoms with Crippen LogP contribution in [0.3, 0.4) is 0 Å². The number of amides is 3. The summed E-state index contributed by atoms with van der Waals surface area (Å²) in [5.41, 5.74) is 3.57. The summed E-state index contributed by atoms with van der Waals surface area (Å²) in [4.78, 5) is 49.5. The van der Waals surface area contributed by atoms with Crippen LogP contribution >= 0.6 is 11.8 Å². The van der Waals surface area contributed by atoms with Crippen molar-refractivity contribution in [2.75, 3.05) is 42.6 Å². The van der Waals surface area contributed by atoms with Crippen LogP contribution in [-0.4, -0.2) is 76.6 Å². The van der Waals surface area contributed by atoms with Crippen LogP contribution in [0.2, 0.25) is 0 Å². The Bertz CT molecular complexity index is 1480. The van der Waals surface area contributed by atoms with Crippen LogP contribution in [0, 0.1) is 25.7 Å². The minimum atomic E-state index is -0.694. The van der Waals surface area contributed by atoms with Gasteiger partial charge in [-0.25, -0.2) is 0 Å². The molecule has 3 aliphatic rings. The highest BCUT2D eigenvalue weighted by atomic mass is 32.2. The zero-order chi connectivity index (χ0) is 33.7. The van der Waals surface area contributed by atoms with Crippen molar-refractivity contribution in [3.63, 3.8) is 0 Å². The first-order valence-corrected chi connectivity index (χ1v) is 17.8. The Morgan fingerprint density at radius 1 is 1.02 bits per heavy atom. The molecule has 3 fully saturated rings. The molecule has 3 heterocycles. The molecular formula is C38H49N3O5S. The summed E-state index contributed by atoms with van der Waals surface area (Å²) in [5.74, 6) is -0.712. The lowest BCUT2D eigenvalue weighted by molar-refractivity contribution is -0.139. The number of likely N-dealkylation sites (tertiary alicyclic amines) is 1. The van der Waals surface area contributed by atoms with E-state index >= 15 is 0 Å². The highest BCUT2D eigenvalue weighted by Gasteiger charge is 2.74.